The van der Waals surface area contributed by atoms with Crippen LogP contribution in [0.5, 0.6) is 5.88 Å². The smallest absolute Gasteiger partial charge is 0.235 e. The molecule has 3 heterocycles. The van der Waals surface area contributed by atoms with Crippen LogP contribution in [0.3, 0.4) is 0 Å². The molecule has 0 radical (unpaired) electrons. The Hall–Kier alpha value is -2.65. The monoisotopic (exact) mass is 461 g/mol. The molecule has 9 heteroatoms. The highest BCUT2D eigenvalue weighted by atomic mass is 32.2. The average molecular weight is 462 g/mol. The Morgan fingerprint density at radius 2 is 2.00 bits per heavy atom. The predicted octanol–water partition coefficient (Wildman–Crippen LogP) is 2.72. The molecule has 0 spiro atoms. The first kappa shape index (κ1) is 24.0. The highest BCUT2D eigenvalue weighted by molar-refractivity contribution is 7.91. The highest BCUT2D eigenvalue weighted by Crippen LogP contribution is 2.15. The number of sulfone groups is 1. The Morgan fingerprint density at radius 1 is 1.19 bits per heavy atom. The fraction of sp³-hybridized carbons (Fsp3) is 0.478. The van der Waals surface area contributed by atoms with Crippen molar-refractivity contribution in [1.82, 2.24) is 15.2 Å². The third-order valence-corrected chi connectivity index (χ3v) is 6.53. The zero-order valence-electron chi connectivity index (χ0n) is 18.2. The Morgan fingerprint density at radius 3 is 2.75 bits per heavy atom. The van der Waals surface area contributed by atoms with Crippen molar-refractivity contribution in [2.45, 2.75) is 38.0 Å². The lowest BCUT2D eigenvalue weighted by Gasteiger charge is -2.19. The van der Waals surface area contributed by atoms with Gasteiger partial charge in [-0.05, 0) is 55.8 Å². The van der Waals surface area contributed by atoms with Gasteiger partial charge in [0.15, 0.2) is 9.84 Å². The van der Waals surface area contributed by atoms with E-state index in [1.54, 1.807) is 30.5 Å². The SMILES string of the molecule is O=C(CS(=O)(=O)Cc1ccco1)NC/C=C/COc1cc(CN2CCCCCC2)ccn1. The molecular formula is C23H31N3O5S. The van der Waals surface area contributed by atoms with Crippen molar-refractivity contribution >= 4 is 15.7 Å². The largest absolute Gasteiger partial charge is 0.473 e. The van der Waals surface area contributed by atoms with Crippen LogP contribution in [0.25, 0.3) is 0 Å². The zero-order chi connectivity index (χ0) is 22.7. The number of pyridine rings is 1. The Balaban J connectivity index is 1.34. The number of nitrogens with zero attached hydrogens (tertiary/aromatic N) is 2. The molecule has 0 aliphatic carbocycles. The van der Waals surface area contributed by atoms with Crippen molar-refractivity contribution in [3.8, 4) is 5.88 Å². The number of carbonyl (C=O) groups is 1. The minimum absolute atomic E-state index is 0.223. The molecule has 174 valence electrons. The summed E-state index contributed by atoms with van der Waals surface area (Å²) in [6.07, 6.45) is 11.8. The van der Waals surface area contributed by atoms with Gasteiger partial charge in [0.2, 0.25) is 11.8 Å². The second-order valence-corrected chi connectivity index (χ2v) is 9.96. The number of likely N-dealkylation sites (tertiary alicyclic amines) is 1. The standard InChI is InChI=1S/C23H31N3O5S/c27-22(19-32(28,29)18-21-8-7-15-30-21)24-10-3-6-14-31-23-16-20(9-11-25-23)17-26-12-4-1-2-5-13-26/h3,6-9,11,15-16H,1-2,4-5,10,12-14,17-19H2,(H,24,27)/b6-3+. The lowest BCUT2D eigenvalue weighted by Crippen LogP contribution is -2.30. The van der Waals surface area contributed by atoms with E-state index in [1.165, 1.54) is 37.5 Å². The van der Waals surface area contributed by atoms with E-state index in [4.69, 9.17) is 9.15 Å². The van der Waals surface area contributed by atoms with Crippen LogP contribution in [0, 0.1) is 0 Å². The summed E-state index contributed by atoms with van der Waals surface area (Å²) < 4.78 is 34.7. The second-order valence-electron chi connectivity index (χ2n) is 7.89. The van der Waals surface area contributed by atoms with E-state index >= 15 is 0 Å². The van der Waals surface area contributed by atoms with E-state index in [1.807, 2.05) is 12.1 Å². The van der Waals surface area contributed by atoms with Gasteiger partial charge < -0.3 is 14.5 Å². The molecular weight excluding hydrogens is 430 g/mol. The molecule has 1 N–H and O–H groups in total. The Kier molecular flexibility index (Phi) is 9.30. The Labute approximate surface area is 189 Å². The number of hydrogen-bond donors (Lipinski definition) is 1. The van der Waals surface area contributed by atoms with Gasteiger partial charge in [-0.1, -0.05) is 18.9 Å². The quantitative estimate of drug-likeness (QED) is 0.513. The molecule has 0 atom stereocenters. The van der Waals surface area contributed by atoms with Gasteiger partial charge in [-0.25, -0.2) is 13.4 Å². The molecule has 0 aromatic carbocycles. The predicted molar refractivity (Wildman–Crippen MR) is 122 cm³/mol. The van der Waals surface area contributed by atoms with Crippen LogP contribution in [-0.4, -0.2) is 56.2 Å². The number of aromatic nitrogens is 1. The van der Waals surface area contributed by atoms with Crippen LogP contribution < -0.4 is 10.1 Å². The number of ether oxygens (including phenoxy) is 1. The van der Waals surface area contributed by atoms with Crippen molar-refractivity contribution in [2.24, 2.45) is 0 Å². The van der Waals surface area contributed by atoms with Gasteiger partial charge in [0.25, 0.3) is 0 Å². The summed E-state index contributed by atoms with van der Waals surface area (Å²) in [7, 11) is -3.57. The summed E-state index contributed by atoms with van der Waals surface area (Å²) in [6.45, 7) is 3.71. The fourth-order valence-corrected chi connectivity index (χ4v) is 4.75. The molecule has 1 fully saturated rings. The third kappa shape index (κ3) is 8.84. The van der Waals surface area contributed by atoms with Crippen LogP contribution in [0.15, 0.2) is 53.3 Å². The van der Waals surface area contributed by atoms with E-state index in [2.05, 4.69) is 15.2 Å². The van der Waals surface area contributed by atoms with Crippen LogP contribution >= 0.6 is 0 Å². The van der Waals surface area contributed by atoms with Crippen LogP contribution in [0.4, 0.5) is 0 Å². The topological polar surface area (TPSA) is 102 Å². The minimum Gasteiger partial charge on any atom is -0.473 e. The molecule has 0 unspecified atom stereocenters. The first-order valence-corrected chi connectivity index (χ1v) is 12.8. The molecule has 3 rings (SSSR count). The number of furan rings is 1. The molecule has 2 aromatic heterocycles. The summed E-state index contributed by atoms with van der Waals surface area (Å²) in [4.78, 5) is 18.6. The van der Waals surface area contributed by atoms with E-state index in [9.17, 15) is 13.2 Å². The Bertz CT molecular complexity index is 965. The van der Waals surface area contributed by atoms with E-state index < -0.39 is 21.5 Å². The first-order valence-electron chi connectivity index (χ1n) is 10.9. The summed E-state index contributed by atoms with van der Waals surface area (Å²) in [6, 6.07) is 7.16. The van der Waals surface area contributed by atoms with E-state index in [0.29, 0.717) is 18.2 Å². The van der Waals surface area contributed by atoms with Gasteiger partial charge in [-0.3, -0.25) is 9.69 Å². The fourth-order valence-electron chi connectivity index (χ4n) is 3.55. The maximum absolute atomic E-state index is 12.0. The van der Waals surface area contributed by atoms with Crippen LogP contribution in [0.1, 0.15) is 37.0 Å². The molecule has 0 bridgehead atoms. The number of carbonyl (C=O) groups excluding carboxylic acids is 1. The molecule has 32 heavy (non-hydrogen) atoms. The molecule has 1 aliphatic rings. The van der Waals surface area contributed by atoms with Gasteiger partial charge in [-0.15, -0.1) is 0 Å². The molecule has 8 nitrogen and oxygen atoms in total. The van der Waals surface area contributed by atoms with E-state index in [0.717, 1.165) is 19.6 Å². The van der Waals surface area contributed by atoms with Gasteiger partial charge in [0, 0.05) is 25.4 Å². The van der Waals surface area contributed by atoms with Crippen molar-refractivity contribution in [3.05, 3.63) is 60.2 Å². The van der Waals surface area contributed by atoms with Crippen LogP contribution in [-0.2, 0) is 26.9 Å². The summed E-state index contributed by atoms with van der Waals surface area (Å²) in [5.41, 5.74) is 1.18. The average Bonchev–Trinajstić information content (AvgIpc) is 3.11. The van der Waals surface area contributed by atoms with Crippen LogP contribution in [0.2, 0.25) is 0 Å². The van der Waals surface area contributed by atoms with Gasteiger partial charge >= 0.3 is 0 Å². The molecule has 2 aromatic rings. The second kappa shape index (κ2) is 12.4. The maximum Gasteiger partial charge on any atom is 0.235 e. The van der Waals surface area contributed by atoms with Gasteiger partial charge in [0.1, 0.15) is 23.9 Å². The van der Waals surface area contributed by atoms with Crippen molar-refractivity contribution in [3.63, 3.8) is 0 Å². The summed E-state index contributed by atoms with van der Waals surface area (Å²) in [5.74, 6) is -0.536. The summed E-state index contributed by atoms with van der Waals surface area (Å²) >= 11 is 0. The minimum atomic E-state index is -3.57. The molecule has 1 saturated heterocycles. The van der Waals surface area contributed by atoms with Gasteiger partial charge in [-0.2, -0.15) is 0 Å². The number of rotatable bonds is 11. The van der Waals surface area contributed by atoms with Crippen molar-refractivity contribution < 1.29 is 22.4 Å². The lowest BCUT2D eigenvalue weighted by molar-refractivity contribution is -0.118. The van der Waals surface area contributed by atoms with Crippen molar-refractivity contribution in [2.75, 3.05) is 32.0 Å². The normalized spacial score (nSPS) is 15.5. The number of hydrogen-bond acceptors (Lipinski definition) is 7. The zero-order valence-corrected chi connectivity index (χ0v) is 19.1. The van der Waals surface area contributed by atoms with Crippen molar-refractivity contribution in [1.29, 1.82) is 0 Å². The van der Waals surface area contributed by atoms with E-state index in [-0.39, 0.29) is 12.3 Å². The highest BCUT2D eigenvalue weighted by Gasteiger charge is 2.18. The molecule has 0 saturated carbocycles. The number of amides is 1. The maximum atomic E-state index is 12.0. The third-order valence-electron chi connectivity index (χ3n) is 5.11. The first-order chi connectivity index (χ1) is 15.5. The summed E-state index contributed by atoms with van der Waals surface area (Å²) in [5, 5.41) is 2.56. The molecule has 1 amide bonds. The lowest BCUT2D eigenvalue weighted by atomic mass is 10.2. The molecule has 1 aliphatic heterocycles. The van der Waals surface area contributed by atoms with Gasteiger partial charge in [0.05, 0.1) is 6.26 Å². The number of nitrogens with one attached hydrogen (secondary N) is 1.